The van der Waals surface area contributed by atoms with E-state index in [0.717, 1.165) is 16.6 Å². The lowest BCUT2D eigenvalue weighted by Gasteiger charge is -2.06. The molecule has 0 aromatic carbocycles. The van der Waals surface area contributed by atoms with Crippen molar-refractivity contribution in [2.24, 2.45) is 12.0 Å². The van der Waals surface area contributed by atoms with Crippen LogP contribution >= 0.6 is 0 Å². The van der Waals surface area contributed by atoms with Gasteiger partial charge in [0.05, 0.1) is 0 Å². The molecule has 0 spiro atoms. The minimum Gasteiger partial charge on any atom is -0.345 e. The molecular weight excluding hydrogens is 345 g/mol. The number of aromatic amines is 1. The zero-order valence-electron chi connectivity index (χ0n) is 14.3. The van der Waals surface area contributed by atoms with Gasteiger partial charge in [0.15, 0.2) is 11.3 Å². The number of rotatable bonds is 3. The Morgan fingerprint density at radius 3 is 2.89 bits per heavy atom. The minimum absolute atomic E-state index is 0.0983. The number of nitrogens with zero attached hydrogens (tertiary/aromatic N) is 5. The summed E-state index contributed by atoms with van der Waals surface area (Å²) in [4.78, 5) is 19.6. The summed E-state index contributed by atoms with van der Waals surface area (Å²) in [5.41, 5.74) is 3.01. The van der Waals surface area contributed by atoms with Gasteiger partial charge in [0.25, 0.3) is 0 Å². The van der Waals surface area contributed by atoms with Crippen LogP contribution in [0.4, 0.5) is 16.0 Å². The summed E-state index contributed by atoms with van der Waals surface area (Å²) in [6.45, 7) is 0. The Bertz CT molecular complexity index is 1210. The smallest absolute Gasteiger partial charge is 0.229 e. The molecule has 0 atom stereocenters. The second-order valence-electron chi connectivity index (χ2n) is 5.77. The number of halogens is 1. The number of fused-ring (bicyclic) bond motifs is 1. The van der Waals surface area contributed by atoms with Crippen LogP contribution in [0.3, 0.4) is 0 Å². The Morgan fingerprint density at radius 1 is 1.33 bits per heavy atom. The fourth-order valence-corrected chi connectivity index (χ4v) is 2.79. The first kappa shape index (κ1) is 16.5. The summed E-state index contributed by atoms with van der Waals surface area (Å²) in [7, 11) is 1.69. The van der Waals surface area contributed by atoms with Crippen molar-refractivity contribution in [3.63, 3.8) is 0 Å². The molecule has 0 aliphatic heterocycles. The normalized spacial score (nSPS) is 11.5. The Kier molecular flexibility index (Phi) is 4.10. The maximum atomic E-state index is 14.3. The number of aryl methyl sites for hydroxylation is 1. The summed E-state index contributed by atoms with van der Waals surface area (Å²) in [6, 6.07) is 7.13. The summed E-state index contributed by atoms with van der Waals surface area (Å²) >= 11 is 0. The number of hydrogen-bond donors (Lipinski definition) is 2. The lowest BCUT2D eigenvalue weighted by Crippen LogP contribution is -2.21. The van der Waals surface area contributed by atoms with E-state index in [1.165, 1.54) is 6.07 Å². The Balaban J connectivity index is 1.74. The Labute approximate surface area is 153 Å². The van der Waals surface area contributed by atoms with Gasteiger partial charge in [-0.25, -0.2) is 9.37 Å². The highest BCUT2D eigenvalue weighted by Crippen LogP contribution is 2.27. The molecule has 0 radical (unpaired) electrons. The van der Waals surface area contributed by atoms with E-state index in [1.807, 2.05) is 12.1 Å². The van der Waals surface area contributed by atoms with E-state index >= 15 is 0 Å². The molecule has 0 fully saturated rings. The zero-order valence-corrected chi connectivity index (χ0v) is 14.3. The van der Waals surface area contributed by atoms with E-state index in [2.05, 4.69) is 36.3 Å². The lowest BCUT2D eigenvalue weighted by atomic mass is 10.1. The minimum atomic E-state index is -0.501. The maximum Gasteiger partial charge on any atom is 0.229 e. The highest BCUT2D eigenvalue weighted by Gasteiger charge is 2.12. The van der Waals surface area contributed by atoms with Crippen molar-refractivity contribution in [2.75, 3.05) is 5.32 Å². The molecule has 0 bridgehead atoms. The molecular formula is C19H14FN7. The number of anilines is 2. The third kappa shape index (κ3) is 3.14. The van der Waals surface area contributed by atoms with E-state index < -0.39 is 5.82 Å². The molecule has 0 unspecified atom stereocenters. The van der Waals surface area contributed by atoms with Crippen molar-refractivity contribution >= 4 is 22.7 Å². The topological polar surface area (TPSA) is 83.8 Å². The Hall–Kier alpha value is -3.99. The average Bonchev–Trinajstić information content (AvgIpc) is 3.08. The van der Waals surface area contributed by atoms with Gasteiger partial charge in [0, 0.05) is 66.3 Å². The largest absolute Gasteiger partial charge is 0.345 e. The van der Waals surface area contributed by atoms with Gasteiger partial charge in [-0.05, 0) is 18.2 Å². The highest BCUT2D eigenvalue weighted by molar-refractivity contribution is 5.93. The van der Waals surface area contributed by atoms with E-state index in [-0.39, 0.29) is 5.49 Å². The van der Waals surface area contributed by atoms with Crippen molar-refractivity contribution in [1.82, 2.24) is 24.5 Å². The first-order valence-electron chi connectivity index (χ1n) is 8.03. The summed E-state index contributed by atoms with van der Waals surface area (Å²) in [5, 5.41) is 3.88. The standard InChI is InChI=1S/C19H14FN7/c1-3-22-18-16(20)8-12(11-27(18)2)14-9-23-17-15(14)10-24-19(26-17)25-13-4-6-21-7-5-13/h1,4-11H,2H3,(H2,21,23,24,25,26). The summed E-state index contributed by atoms with van der Waals surface area (Å²) < 4.78 is 15.9. The molecule has 4 aromatic heterocycles. The number of hydrogen-bond acceptors (Lipinski definition) is 5. The third-order valence-electron chi connectivity index (χ3n) is 4.01. The lowest BCUT2D eigenvalue weighted by molar-refractivity contribution is 0.584. The molecule has 4 aromatic rings. The van der Waals surface area contributed by atoms with Gasteiger partial charge in [0.1, 0.15) is 5.65 Å². The van der Waals surface area contributed by atoms with Crippen LogP contribution in [0.25, 0.3) is 22.2 Å². The molecule has 0 amide bonds. The van der Waals surface area contributed by atoms with Gasteiger partial charge < -0.3 is 14.9 Å². The third-order valence-corrected chi connectivity index (χ3v) is 4.01. The molecule has 0 saturated heterocycles. The van der Waals surface area contributed by atoms with Crippen LogP contribution in [0.1, 0.15) is 0 Å². The molecule has 0 aliphatic carbocycles. The van der Waals surface area contributed by atoms with Crippen LogP contribution in [0, 0.1) is 18.3 Å². The predicted molar refractivity (Wildman–Crippen MR) is 100 cm³/mol. The van der Waals surface area contributed by atoms with Crippen molar-refractivity contribution < 1.29 is 4.39 Å². The molecule has 0 saturated carbocycles. The first-order chi connectivity index (χ1) is 13.2. The van der Waals surface area contributed by atoms with Gasteiger partial charge in [-0.15, -0.1) is 0 Å². The van der Waals surface area contributed by atoms with E-state index in [4.69, 9.17) is 6.42 Å². The average molecular weight is 359 g/mol. The summed E-state index contributed by atoms with van der Waals surface area (Å²) in [6.07, 6.45) is 13.7. The fraction of sp³-hybridized carbons (Fsp3) is 0.0526. The van der Waals surface area contributed by atoms with Gasteiger partial charge in [-0.2, -0.15) is 9.98 Å². The fourth-order valence-electron chi connectivity index (χ4n) is 2.79. The predicted octanol–water partition coefficient (Wildman–Crippen LogP) is 2.73. The molecule has 4 heterocycles. The van der Waals surface area contributed by atoms with Crippen molar-refractivity contribution in [2.45, 2.75) is 0 Å². The molecule has 4 rings (SSSR count). The van der Waals surface area contributed by atoms with Crippen LogP contribution in [0.15, 0.2) is 54.2 Å². The molecule has 132 valence electrons. The van der Waals surface area contributed by atoms with Crippen LogP contribution in [-0.4, -0.2) is 24.5 Å². The molecule has 0 aliphatic rings. The number of pyridine rings is 2. The SMILES string of the molecule is C#CN=c1c(F)cc(-c2c[nH]c3nc(Nc4ccncc4)ncc23)cn1C. The zero-order chi connectivity index (χ0) is 18.8. The molecule has 27 heavy (non-hydrogen) atoms. The van der Waals surface area contributed by atoms with Gasteiger partial charge >= 0.3 is 0 Å². The maximum absolute atomic E-state index is 14.3. The van der Waals surface area contributed by atoms with Crippen LogP contribution < -0.4 is 10.8 Å². The highest BCUT2D eigenvalue weighted by atomic mass is 19.1. The summed E-state index contributed by atoms with van der Waals surface area (Å²) in [5.74, 6) is -0.0544. The van der Waals surface area contributed by atoms with E-state index in [0.29, 0.717) is 17.2 Å². The van der Waals surface area contributed by atoms with Gasteiger partial charge in [-0.3, -0.25) is 4.98 Å². The molecule has 7 nitrogen and oxygen atoms in total. The molecule has 2 N–H and O–H groups in total. The molecule has 8 heteroatoms. The monoisotopic (exact) mass is 359 g/mol. The number of aromatic nitrogens is 5. The van der Waals surface area contributed by atoms with Gasteiger partial charge in [0.2, 0.25) is 5.95 Å². The van der Waals surface area contributed by atoms with Crippen LogP contribution in [0.5, 0.6) is 0 Å². The quantitative estimate of drug-likeness (QED) is 0.551. The Morgan fingerprint density at radius 2 is 2.15 bits per heavy atom. The van der Waals surface area contributed by atoms with Crippen molar-refractivity contribution in [3.05, 3.63) is 60.5 Å². The first-order valence-corrected chi connectivity index (χ1v) is 8.03. The van der Waals surface area contributed by atoms with Crippen LogP contribution in [0.2, 0.25) is 0 Å². The number of nitrogens with one attached hydrogen (secondary N) is 2. The number of H-pyrrole nitrogens is 1. The number of terminal acetylenes is 1. The van der Waals surface area contributed by atoms with Crippen LogP contribution in [-0.2, 0) is 7.05 Å². The van der Waals surface area contributed by atoms with Crippen molar-refractivity contribution in [1.29, 1.82) is 0 Å². The second-order valence-corrected chi connectivity index (χ2v) is 5.77. The second kappa shape index (κ2) is 6.72. The van der Waals surface area contributed by atoms with E-state index in [9.17, 15) is 4.39 Å². The van der Waals surface area contributed by atoms with Gasteiger partial charge in [-0.1, -0.05) is 6.42 Å². The van der Waals surface area contributed by atoms with E-state index in [1.54, 1.807) is 42.6 Å². The van der Waals surface area contributed by atoms with Crippen molar-refractivity contribution in [3.8, 4) is 23.6 Å².